The molecule has 2 aromatic rings. The minimum absolute atomic E-state index is 0.170. The topological polar surface area (TPSA) is 88.5 Å². The summed E-state index contributed by atoms with van der Waals surface area (Å²) in [6.45, 7) is 7.81. The standard InChI is InChI=1S/C18H22N2O4S/c1-10-14(25-17(19-10)18(2,3)4)15(21)20-13(16(22)23)11-6-8-12(24-5)9-7-11/h6-9,13H,1-5H3,(H,20,21)(H,22,23). The van der Waals surface area contributed by atoms with Crippen LogP contribution in [0.4, 0.5) is 0 Å². The van der Waals surface area contributed by atoms with Gasteiger partial charge in [0.05, 0.1) is 17.8 Å². The Morgan fingerprint density at radius 3 is 2.28 bits per heavy atom. The van der Waals surface area contributed by atoms with E-state index in [1.165, 1.54) is 18.4 Å². The van der Waals surface area contributed by atoms with Gasteiger partial charge in [0.1, 0.15) is 10.6 Å². The van der Waals surface area contributed by atoms with Crippen molar-refractivity contribution in [2.45, 2.75) is 39.2 Å². The second-order valence-corrected chi connectivity index (χ2v) is 7.70. The second-order valence-electron chi connectivity index (χ2n) is 6.70. The maximum absolute atomic E-state index is 12.6. The maximum Gasteiger partial charge on any atom is 0.330 e. The van der Waals surface area contributed by atoms with Gasteiger partial charge in [0, 0.05) is 5.41 Å². The lowest BCUT2D eigenvalue weighted by atomic mass is 9.98. The van der Waals surface area contributed by atoms with Gasteiger partial charge in [-0.05, 0) is 24.6 Å². The van der Waals surface area contributed by atoms with E-state index >= 15 is 0 Å². The van der Waals surface area contributed by atoms with Crippen LogP contribution in [0.15, 0.2) is 24.3 Å². The number of nitrogens with one attached hydrogen (secondary N) is 1. The van der Waals surface area contributed by atoms with Gasteiger partial charge in [0.25, 0.3) is 5.91 Å². The van der Waals surface area contributed by atoms with Gasteiger partial charge in [-0.1, -0.05) is 32.9 Å². The number of aliphatic carboxylic acids is 1. The molecule has 0 fully saturated rings. The van der Waals surface area contributed by atoms with E-state index in [-0.39, 0.29) is 5.41 Å². The van der Waals surface area contributed by atoms with Gasteiger partial charge in [0.2, 0.25) is 0 Å². The van der Waals surface area contributed by atoms with Crippen LogP contribution in [0.25, 0.3) is 0 Å². The lowest BCUT2D eigenvalue weighted by Gasteiger charge is -2.15. The lowest BCUT2D eigenvalue weighted by molar-refractivity contribution is -0.139. The number of aryl methyl sites for hydroxylation is 1. The van der Waals surface area contributed by atoms with Gasteiger partial charge < -0.3 is 15.2 Å². The molecule has 0 spiro atoms. The van der Waals surface area contributed by atoms with E-state index in [1.807, 2.05) is 20.8 Å². The molecule has 0 saturated carbocycles. The van der Waals surface area contributed by atoms with Crippen molar-refractivity contribution in [1.29, 1.82) is 0 Å². The number of hydrogen-bond acceptors (Lipinski definition) is 5. The molecule has 0 aliphatic rings. The van der Waals surface area contributed by atoms with Gasteiger partial charge in [-0.3, -0.25) is 4.79 Å². The minimum atomic E-state index is -1.14. The predicted octanol–water partition coefficient (Wildman–Crippen LogP) is 3.31. The molecule has 1 amide bonds. The summed E-state index contributed by atoms with van der Waals surface area (Å²) in [5, 5.41) is 12.9. The molecule has 0 aliphatic heterocycles. The van der Waals surface area contributed by atoms with Crippen molar-refractivity contribution < 1.29 is 19.4 Å². The average Bonchev–Trinajstić information content (AvgIpc) is 2.94. The highest BCUT2D eigenvalue weighted by Gasteiger charge is 2.27. The van der Waals surface area contributed by atoms with Gasteiger partial charge in [0.15, 0.2) is 6.04 Å². The molecule has 0 saturated heterocycles. The Balaban J connectivity index is 2.26. The van der Waals surface area contributed by atoms with Gasteiger partial charge in [-0.25, -0.2) is 9.78 Å². The zero-order chi connectivity index (χ0) is 18.8. The van der Waals surface area contributed by atoms with Crippen molar-refractivity contribution >= 4 is 23.2 Å². The molecular weight excluding hydrogens is 340 g/mol. The Kier molecular flexibility index (Phi) is 5.47. The molecule has 25 heavy (non-hydrogen) atoms. The van der Waals surface area contributed by atoms with Crippen LogP contribution in [-0.4, -0.2) is 29.1 Å². The molecule has 0 radical (unpaired) electrons. The van der Waals surface area contributed by atoms with Gasteiger partial charge in [-0.2, -0.15) is 0 Å². The number of aromatic nitrogens is 1. The third-order valence-electron chi connectivity index (χ3n) is 3.62. The van der Waals surface area contributed by atoms with Crippen LogP contribution < -0.4 is 10.1 Å². The molecule has 1 aromatic carbocycles. The number of nitrogens with zero attached hydrogens (tertiary/aromatic N) is 1. The number of rotatable bonds is 5. The summed E-state index contributed by atoms with van der Waals surface area (Å²) in [5.41, 5.74) is 0.905. The smallest absolute Gasteiger partial charge is 0.330 e. The number of benzene rings is 1. The largest absolute Gasteiger partial charge is 0.497 e. The van der Waals surface area contributed by atoms with Crippen molar-refractivity contribution in [3.8, 4) is 5.75 Å². The van der Waals surface area contributed by atoms with E-state index in [4.69, 9.17) is 4.74 Å². The fourth-order valence-electron chi connectivity index (χ4n) is 2.21. The first-order valence-corrected chi connectivity index (χ1v) is 8.60. The molecule has 1 atom stereocenters. The first-order chi connectivity index (χ1) is 11.6. The summed E-state index contributed by atoms with van der Waals surface area (Å²) < 4.78 is 5.07. The summed E-state index contributed by atoms with van der Waals surface area (Å²) >= 11 is 1.29. The summed E-state index contributed by atoms with van der Waals surface area (Å²) in [4.78, 5) is 29.1. The van der Waals surface area contributed by atoms with E-state index in [0.29, 0.717) is 21.9 Å². The lowest BCUT2D eigenvalue weighted by Crippen LogP contribution is -2.33. The van der Waals surface area contributed by atoms with E-state index in [2.05, 4.69) is 10.3 Å². The highest BCUT2D eigenvalue weighted by molar-refractivity contribution is 7.14. The van der Waals surface area contributed by atoms with Crippen LogP contribution in [0.3, 0.4) is 0 Å². The third kappa shape index (κ3) is 4.36. The zero-order valence-corrected chi connectivity index (χ0v) is 15.7. The molecule has 0 bridgehead atoms. The Morgan fingerprint density at radius 2 is 1.84 bits per heavy atom. The van der Waals surface area contributed by atoms with E-state index in [1.54, 1.807) is 31.2 Å². The van der Waals surface area contributed by atoms with Crippen LogP contribution in [-0.2, 0) is 10.2 Å². The molecule has 1 heterocycles. The van der Waals surface area contributed by atoms with Crippen molar-refractivity contribution in [1.82, 2.24) is 10.3 Å². The monoisotopic (exact) mass is 362 g/mol. The van der Waals surface area contributed by atoms with Crippen molar-refractivity contribution in [3.05, 3.63) is 45.4 Å². The predicted molar refractivity (Wildman–Crippen MR) is 96.4 cm³/mol. The molecule has 1 unspecified atom stereocenters. The van der Waals surface area contributed by atoms with Crippen LogP contribution in [0.1, 0.15) is 52.7 Å². The highest BCUT2D eigenvalue weighted by Crippen LogP contribution is 2.29. The summed E-state index contributed by atoms with van der Waals surface area (Å²) in [7, 11) is 1.53. The molecule has 0 aliphatic carbocycles. The van der Waals surface area contributed by atoms with Crippen LogP contribution >= 0.6 is 11.3 Å². The number of hydrogen-bond donors (Lipinski definition) is 2. The second kappa shape index (κ2) is 7.23. The number of carbonyl (C=O) groups is 2. The van der Waals surface area contributed by atoms with Crippen LogP contribution in [0.5, 0.6) is 5.75 Å². The molecule has 2 N–H and O–H groups in total. The fraction of sp³-hybridized carbons (Fsp3) is 0.389. The summed E-state index contributed by atoms with van der Waals surface area (Å²) in [6.07, 6.45) is 0. The maximum atomic E-state index is 12.6. The van der Waals surface area contributed by atoms with Gasteiger partial charge >= 0.3 is 5.97 Å². The number of carboxylic acids is 1. The molecular formula is C18H22N2O4S. The van der Waals surface area contributed by atoms with Crippen LogP contribution in [0, 0.1) is 6.92 Å². The number of ether oxygens (including phenoxy) is 1. The number of methoxy groups -OCH3 is 1. The number of amides is 1. The van der Waals surface area contributed by atoms with Gasteiger partial charge in [-0.15, -0.1) is 11.3 Å². The zero-order valence-electron chi connectivity index (χ0n) is 14.9. The van der Waals surface area contributed by atoms with Crippen molar-refractivity contribution in [2.75, 3.05) is 7.11 Å². The SMILES string of the molecule is COc1ccc(C(NC(=O)c2sc(C(C)(C)C)nc2C)C(=O)O)cc1. The van der Waals surface area contributed by atoms with E-state index < -0.39 is 17.9 Å². The van der Waals surface area contributed by atoms with E-state index in [9.17, 15) is 14.7 Å². The molecule has 7 heteroatoms. The average molecular weight is 362 g/mol. The molecule has 6 nitrogen and oxygen atoms in total. The summed E-state index contributed by atoms with van der Waals surface area (Å²) in [5.74, 6) is -0.946. The Bertz CT molecular complexity index is 775. The van der Waals surface area contributed by atoms with Crippen molar-refractivity contribution in [2.24, 2.45) is 0 Å². The first-order valence-electron chi connectivity index (χ1n) is 7.79. The number of thiazole rings is 1. The minimum Gasteiger partial charge on any atom is -0.497 e. The number of carboxylic acid groups (broad SMARTS) is 1. The normalized spacial score (nSPS) is 12.5. The third-order valence-corrected chi connectivity index (χ3v) is 5.20. The fourth-order valence-corrected chi connectivity index (χ4v) is 3.24. The Labute approximate surface area is 150 Å². The quantitative estimate of drug-likeness (QED) is 0.852. The Hall–Kier alpha value is -2.41. The van der Waals surface area contributed by atoms with Crippen molar-refractivity contribution in [3.63, 3.8) is 0 Å². The first kappa shape index (κ1) is 18.9. The van der Waals surface area contributed by atoms with Crippen LogP contribution in [0.2, 0.25) is 0 Å². The van der Waals surface area contributed by atoms with E-state index in [0.717, 1.165) is 5.01 Å². The Morgan fingerprint density at radius 1 is 1.24 bits per heavy atom. The molecule has 1 aromatic heterocycles. The summed E-state index contributed by atoms with van der Waals surface area (Å²) in [6, 6.07) is 5.42. The molecule has 134 valence electrons. The number of carbonyl (C=O) groups excluding carboxylic acids is 1. The molecule has 2 rings (SSSR count). The highest BCUT2D eigenvalue weighted by atomic mass is 32.1.